The van der Waals surface area contributed by atoms with Gasteiger partial charge in [-0.1, -0.05) is 29.5 Å². The third-order valence-electron chi connectivity index (χ3n) is 3.91. The molecule has 1 aromatic heterocycles. The van der Waals surface area contributed by atoms with Gasteiger partial charge in [-0.25, -0.2) is 8.78 Å². The zero-order valence-corrected chi connectivity index (χ0v) is 16.0. The van der Waals surface area contributed by atoms with E-state index >= 15 is 0 Å². The molecule has 0 fully saturated rings. The summed E-state index contributed by atoms with van der Waals surface area (Å²) in [5.41, 5.74) is 1.56. The summed E-state index contributed by atoms with van der Waals surface area (Å²) in [5, 5.41) is 6.74. The molecule has 1 N–H and O–H groups in total. The average Bonchev–Trinajstić information content (AvgIpc) is 2.67. The summed E-state index contributed by atoms with van der Waals surface area (Å²) in [6, 6.07) is 13.4. The number of thioether (sulfide) groups is 1. The van der Waals surface area contributed by atoms with Crippen LogP contribution in [0.3, 0.4) is 0 Å². The molecule has 0 aliphatic heterocycles. The molecule has 3 rings (SSSR count). The Labute approximate surface area is 164 Å². The molecule has 144 valence electrons. The third kappa shape index (κ3) is 4.64. The van der Waals surface area contributed by atoms with Gasteiger partial charge in [-0.05, 0) is 44.2 Å². The normalized spacial score (nSPS) is 11.9. The van der Waals surface area contributed by atoms with Gasteiger partial charge in [-0.2, -0.15) is 9.78 Å². The van der Waals surface area contributed by atoms with E-state index in [1.54, 1.807) is 25.1 Å². The fraction of sp³-hybridized carbons (Fsp3) is 0.150. The van der Waals surface area contributed by atoms with Crippen LogP contribution in [0.2, 0.25) is 0 Å². The Morgan fingerprint density at radius 1 is 1.07 bits per heavy atom. The Kier molecular flexibility index (Phi) is 5.89. The fourth-order valence-corrected chi connectivity index (χ4v) is 3.18. The summed E-state index contributed by atoms with van der Waals surface area (Å²) in [4.78, 5) is 24.5. The quantitative estimate of drug-likeness (QED) is 0.658. The summed E-state index contributed by atoms with van der Waals surface area (Å²) >= 11 is 1.15. The largest absolute Gasteiger partial charge is 0.325 e. The van der Waals surface area contributed by atoms with Crippen LogP contribution in [-0.4, -0.2) is 20.9 Å². The van der Waals surface area contributed by atoms with Crippen molar-refractivity contribution in [2.45, 2.75) is 24.1 Å². The molecule has 0 saturated carbocycles. The van der Waals surface area contributed by atoms with Crippen molar-refractivity contribution in [3.63, 3.8) is 0 Å². The van der Waals surface area contributed by atoms with Crippen molar-refractivity contribution in [2.75, 3.05) is 5.32 Å². The zero-order chi connectivity index (χ0) is 20.3. The highest BCUT2D eigenvalue weighted by atomic mass is 32.2. The van der Waals surface area contributed by atoms with E-state index in [1.165, 1.54) is 16.8 Å². The third-order valence-corrected chi connectivity index (χ3v) is 4.94. The Hall–Kier alpha value is -3.00. The first-order valence-electron chi connectivity index (χ1n) is 8.43. The van der Waals surface area contributed by atoms with Crippen molar-refractivity contribution in [3.8, 4) is 5.69 Å². The maximum atomic E-state index is 13.3. The lowest BCUT2D eigenvalue weighted by molar-refractivity contribution is -0.115. The number of halogens is 2. The Morgan fingerprint density at radius 2 is 1.79 bits per heavy atom. The minimum Gasteiger partial charge on any atom is -0.325 e. The van der Waals surface area contributed by atoms with E-state index in [4.69, 9.17) is 0 Å². The van der Waals surface area contributed by atoms with Gasteiger partial charge in [0.25, 0.3) is 5.56 Å². The first kappa shape index (κ1) is 19.8. The summed E-state index contributed by atoms with van der Waals surface area (Å²) in [6.07, 6.45) is 0. The van der Waals surface area contributed by atoms with Gasteiger partial charge in [-0.15, -0.1) is 0 Å². The second kappa shape index (κ2) is 8.35. The van der Waals surface area contributed by atoms with E-state index in [0.717, 1.165) is 29.5 Å². The molecule has 28 heavy (non-hydrogen) atoms. The maximum absolute atomic E-state index is 13.3. The molecule has 0 aliphatic rings. The van der Waals surface area contributed by atoms with Gasteiger partial charge in [0.15, 0.2) is 11.6 Å². The van der Waals surface area contributed by atoms with Crippen LogP contribution in [-0.2, 0) is 4.79 Å². The van der Waals surface area contributed by atoms with Crippen LogP contribution < -0.4 is 10.9 Å². The van der Waals surface area contributed by atoms with Crippen LogP contribution in [0.4, 0.5) is 14.5 Å². The first-order chi connectivity index (χ1) is 13.3. The molecular weight excluding hydrogens is 384 g/mol. The number of aromatic nitrogens is 2. The lowest BCUT2D eigenvalue weighted by Gasteiger charge is -2.13. The van der Waals surface area contributed by atoms with Crippen LogP contribution in [0.25, 0.3) is 5.69 Å². The van der Waals surface area contributed by atoms with E-state index < -0.39 is 22.8 Å². The zero-order valence-electron chi connectivity index (χ0n) is 15.1. The Morgan fingerprint density at radius 3 is 2.46 bits per heavy atom. The topological polar surface area (TPSA) is 64.0 Å². The second-order valence-electron chi connectivity index (χ2n) is 6.14. The highest BCUT2D eigenvalue weighted by Gasteiger charge is 2.17. The molecule has 3 aromatic rings. The minimum absolute atomic E-state index is 0.161. The molecule has 1 heterocycles. The van der Waals surface area contributed by atoms with E-state index in [9.17, 15) is 18.4 Å². The number of rotatable bonds is 5. The van der Waals surface area contributed by atoms with Crippen LogP contribution in [0.15, 0.2) is 64.4 Å². The fourth-order valence-electron chi connectivity index (χ4n) is 2.38. The first-order valence-corrected chi connectivity index (χ1v) is 9.31. The Bertz CT molecular complexity index is 1070. The molecule has 0 bridgehead atoms. The van der Waals surface area contributed by atoms with Crippen molar-refractivity contribution in [2.24, 2.45) is 0 Å². The Balaban J connectivity index is 1.74. The van der Waals surface area contributed by atoms with E-state index in [-0.39, 0.29) is 11.2 Å². The maximum Gasteiger partial charge on any atom is 0.271 e. The van der Waals surface area contributed by atoms with Crippen LogP contribution in [0, 0.1) is 18.6 Å². The highest BCUT2D eigenvalue weighted by Crippen LogP contribution is 2.22. The monoisotopic (exact) mass is 401 g/mol. The predicted octanol–water partition coefficient (Wildman–Crippen LogP) is 3.94. The van der Waals surface area contributed by atoms with E-state index in [0.29, 0.717) is 10.7 Å². The summed E-state index contributed by atoms with van der Waals surface area (Å²) in [5.74, 6) is -2.42. The van der Waals surface area contributed by atoms with Crippen molar-refractivity contribution < 1.29 is 13.6 Å². The lowest BCUT2D eigenvalue weighted by Crippen LogP contribution is -2.24. The molecule has 0 saturated heterocycles. The SMILES string of the molecule is Cc1ccc(-n2nc(S[C@H](C)C(=O)Nc3ccc(F)c(F)c3)ccc2=O)cc1. The standard InChI is InChI=1S/C20H17F2N3O2S/c1-12-3-6-15(7-4-12)25-19(26)10-9-18(24-25)28-13(2)20(27)23-14-5-8-16(21)17(22)11-14/h3-11,13H,1-2H3,(H,23,27)/t13-/m1/s1. The molecule has 0 aliphatic carbocycles. The molecular formula is C20H17F2N3O2S. The number of aryl methyl sites for hydroxylation is 1. The lowest BCUT2D eigenvalue weighted by atomic mass is 10.2. The second-order valence-corrected chi connectivity index (χ2v) is 7.50. The van der Waals surface area contributed by atoms with Crippen molar-refractivity contribution in [1.82, 2.24) is 9.78 Å². The molecule has 0 radical (unpaired) electrons. The number of amides is 1. The van der Waals surface area contributed by atoms with Gasteiger partial charge in [0.2, 0.25) is 5.91 Å². The van der Waals surface area contributed by atoms with Gasteiger partial charge in [0, 0.05) is 17.8 Å². The van der Waals surface area contributed by atoms with Crippen molar-refractivity contribution >= 4 is 23.4 Å². The number of anilines is 1. The van der Waals surface area contributed by atoms with Gasteiger partial charge in [0.05, 0.1) is 10.9 Å². The molecule has 5 nitrogen and oxygen atoms in total. The number of hydrogen-bond acceptors (Lipinski definition) is 4. The number of carbonyl (C=O) groups is 1. The molecule has 2 aromatic carbocycles. The van der Waals surface area contributed by atoms with E-state index in [2.05, 4.69) is 10.4 Å². The molecule has 0 unspecified atom stereocenters. The van der Waals surface area contributed by atoms with Crippen LogP contribution in [0.1, 0.15) is 12.5 Å². The van der Waals surface area contributed by atoms with Gasteiger partial charge in [-0.3, -0.25) is 9.59 Å². The summed E-state index contributed by atoms with van der Waals surface area (Å²) < 4.78 is 27.5. The number of nitrogens with zero attached hydrogens (tertiary/aromatic N) is 2. The molecule has 1 atom stereocenters. The molecule has 0 spiro atoms. The summed E-state index contributed by atoms with van der Waals surface area (Å²) in [7, 11) is 0. The van der Waals surface area contributed by atoms with E-state index in [1.807, 2.05) is 19.1 Å². The van der Waals surface area contributed by atoms with Crippen LogP contribution in [0.5, 0.6) is 0 Å². The smallest absolute Gasteiger partial charge is 0.271 e. The average molecular weight is 401 g/mol. The summed E-state index contributed by atoms with van der Waals surface area (Å²) in [6.45, 7) is 3.60. The van der Waals surface area contributed by atoms with Crippen molar-refractivity contribution in [1.29, 1.82) is 0 Å². The van der Waals surface area contributed by atoms with Crippen molar-refractivity contribution in [3.05, 3.63) is 82.1 Å². The van der Waals surface area contributed by atoms with Crippen LogP contribution >= 0.6 is 11.8 Å². The van der Waals surface area contributed by atoms with Gasteiger partial charge >= 0.3 is 0 Å². The van der Waals surface area contributed by atoms with Gasteiger partial charge < -0.3 is 5.32 Å². The number of hydrogen-bond donors (Lipinski definition) is 1. The predicted molar refractivity (Wildman–Crippen MR) is 105 cm³/mol. The molecule has 1 amide bonds. The highest BCUT2D eigenvalue weighted by molar-refractivity contribution is 8.00. The minimum atomic E-state index is -1.04. The molecule has 8 heteroatoms. The number of benzene rings is 2. The number of carbonyl (C=O) groups excluding carboxylic acids is 1. The number of nitrogens with one attached hydrogen (secondary N) is 1. The van der Waals surface area contributed by atoms with Gasteiger partial charge in [0.1, 0.15) is 5.03 Å².